The molecule has 1 heterocycles. The van der Waals surface area contributed by atoms with E-state index in [9.17, 15) is 13.2 Å². The maximum absolute atomic E-state index is 13.6. The van der Waals surface area contributed by atoms with Gasteiger partial charge in [-0.25, -0.2) is 4.99 Å². The summed E-state index contributed by atoms with van der Waals surface area (Å²) < 4.78 is 46.1. The molecule has 1 aliphatic heterocycles. The number of guanidine groups is 1. The number of alkyl halides is 3. The SMILES string of the molecule is CCNC(=NCc1ccc(N2CCOCC2)cc1C(F)(F)F)NC(C)CC.I. The van der Waals surface area contributed by atoms with Gasteiger partial charge in [0.15, 0.2) is 5.96 Å². The maximum atomic E-state index is 13.6. The zero-order chi connectivity index (χ0) is 19.9. The number of rotatable bonds is 6. The first-order chi connectivity index (χ1) is 12.8. The van der Waals surface area contributed by atoms with Crippen molar-refractivity contribution < 1.29 is 17.9 Å². The Kier molecular flexibility index (Phi) is 10.4. The molecule has 0 radical (unpaired) electrons. The van der Waals surface area contributed by atoms with Gasteiger partial charge in [0.1, 0.15) is 0 Å². The molecule has 1 aromatic rings. The van der Waals surface area contributed by atoms with Crippen molar-refractivity contribution in [3.63, 3.8) is 0 Å². The molecule has 1 aliphatic rings. The molecule has 0 bridgehead atoms. The monoisotopic (exact) mass is 514 g/mol. The fourth-order valence-corrected chi connectivity index (χ4v) is 2.80. The van der Waals surface area contributed by atoms with Crippen LogP contribution >= 0.6 is 24.0 Å². The van der Waals surface area contributed by atoms with Crippen LogP contribution in [-0.2, 0) is 17.5 Å². The second kappa shape index (κ2) is 11.7. The van der Waals surface area contributed by atoms with Crippen LogP contribution in [0.25, 0.3) is 0 Å². The largest absolute Gasteiger partial charge is 0.416 e. The molecule has 0 amide bonds. The minimum atomic E-state index is -4.42. The van der Waals surface area contributed by atoms with Crippen LogP contribution in [0.3, 0.4) is 0 Å². The molecule has 5 nitrogen and oxygen atoms in total. The lowest BCUT2D eigenvalue weighted by atomic mass is 10.1. The molecule has 0 spiro atoms. The topological polar surface area (TPSA) is 48.9 Å². The van der Waals surface area contributed by atoms with Crippen molar-refractivity contribution in [2.24, 2.45) is 4.99 Å². The second-order valence-corrected chi connectivity index (χ2v) is 6.59. The minimum Gasteiger partial charge on any atom is -0.378 e. The molecule has 1 atom stereocenters. The summed E-state index contributed by atoms with van der Waals surface area (Å²) >= 11 is 0. The minimum absolute atomic E-state index is 0. The number of ether oxygens (including phenoxy) is 1. The molecule has 2 N–H and O–H groups in total. The number of nitrogens with one attached hydrogen (secondary N) is 2. The third-order valence-electron chi connectivity index (χ3n) is 4.52. The van der Waals surface area contributed by atoms with Crippen LogP contribution in [0.15, 0.2) is 23.2 Å². The summed E-state index contributed by atoms with van der Waals surface area (Å²) in [6.45, 7) is 8.82. The third-order valence-corrected chi connectivity index (χ3v) is 4.52. The van der Waals surface area contributed by atoms with Crippen LogP contribution in [0, 0.1) is 0 Å². The first-order valence-electron chi connectivity index (χ1n) is 9.42. The fraction of sp³-hybridized carbons (Fsp3) is 0.632. The van der Waals surface area contributed by atoms with Crippen molar-refractivity contribution in [2.75, 3.05) is 37.7 Å². The Bertz CT molecular complexity index is 634. The van der Waals surface area contributed by atoms with Crippen molar-refractivity contribution in [1.82, 2.24) is 10.6 Å². The van der Waals surface area contributed by atoms with Crippen molar-refractivity contribution in [3.8, 4) is 0 Å². The molecular formula is C19H30F3IN4O. The predicted molar refractivity (Wildman–Crippen MR) is 118 cm³/mol. The Morgan fingerprint density at radius 3 is 2.50 bits per heavy atom. The molecule has 0 saturated carbocycles. The van der Waals surface area contributed by atoms with Gasteiger partial charge in [-0.1, -0.05) is 13.0 Å². The summed E-state index contributed by atoms with van der Waals surface area (Å²) in [5, 5.41) is 6.27. The van der Waals surface area contributed by atoms with E-state index in [1.807, 2.05) is 25.7 Å². The van der Waals surface area contributed by atoms with Gasteiger partial charge in [-0.05, 0) is 38.0 Å². The van der Waals surface area contributed by atoms with E-state index in [0.29, 0.717) is 44.5 Å². The van der Waals surface area contributed by atoms with Gasteiger partial charge in [0.2, 0.25) is 0 Å². The highest BCUT2D eigenvalue weighted by atomic mass is 127. The summed E-state index contributed by atoms with van der Waals surface area (Å²) in [6, 6.07) is 4.68. The lowest BCUT2D eigenvalue weighted by molar-refractivity contribution is -0.138. The predicted octanol–water partition coefficient (Wildman–Crippen LogP) is 4.01. The summed E-state index contributed by atoms with van der Waals surface area (Å²) in [7, 11) is 0. The highest BCUT2D eigenvalue weighted by molar-refractivity contribution is 14.0. The average molecular weight is 514 g/mol. The Hall–Kier alpha value is -1.23. The third kappa shape index (κ3) is 7.31. The van der Waals surface area contributed by atoms with Gasteiger partial charge in [-0.2, -0.15) is 13.2 Å². The maximum Gasteiger partial charge on any atom is 0.416 e. The smallest absolute Gasteiger partial charge is 0.378 e. The summed E-state index contributed by atoms with van der Waals surface area (Å²) in [5.74, 6) is 0.525. The van der Waals surface area contributed by atoms with E-state index in [2.05, 4.69) is 15.6 Å². The number of nitrogens with zero attached hydrogens (tertiary/aromatic N) is 2. The van der Waals surface area contributed by atoms with Gasteiger partial charge >= 0.3 is 6.18 Å². The van der Waals surface area contributed by atoms with Gasteiger partial charge in [-0.3, -0.25) is 0 Å². The van der Waals surface area contributed by atoms with Crippen LogP contribution in [0.1, 0.15) is 38.3 Å². The average Bonchev–Trinajstić information content (AvgIpc) is 2.66. The van der Waals surface area contributed by atoms with Crippen LogP contribution in [0.5, 0.6) is 0 Å². The molecule has 1 saturated heterocycles. The summed E-state index contributed by atoms with van der Waals surface area (Å²) in [5.41, 5.74) is 0.110. The normalized spacial score (nSPS) is 16.4. The van der Waals surface area contributed by atoms with Crippen LogP contribution in [0.2, 0.25) is 0 Å². The highest BCUT2D eigenvalue weighted by Crippen LogP contribution is 2.35. The van der Waals surface area contributed by atoms with Gasteiger partial charge in [0.25, 0.3) is 0 Å². The van der Waals surface area contributed by atoms with E-state index in [0.717, 1.165) is 6.42 Å². The van der Waals surface area contributed by atoms with Gasteiger partial charge in [-0.15, -0.1) is 24.0 Å². The van der Waals surface area contributed by atoms with Crippen LogP contribution in [0.4, 0.5) is 18.9 Å². The van der Waals surface area contributed by atoms with Crippen molar-refractivity contribution in [3.05, 3.63) is 29.3 Å². The van der Waals surface area contributed by atoms with Gasteiger partial charge in [0, 0.05) is 31.4 Å². The van der Waals surface area contributed by atoms with Crippen molar-refractivity contribution >= 4 is 35.6 Å². The van der Waals surface area contributed by atoms with E-state index < -0.39 is 11.7 Å². The molecule has 1 fully saturated rings. The van der Waals surface area contributed by atoms with Gasteiger partial charge < -0.3 is 20.3 Å². The number of hydrogen-bond donors (Lipinski definition) is 2. The quantitative estimate of drug-likeness (QED) is 0.342. The number of benzene rings is 1. The highest BCUT2D eigenvalue weighted by Gasteiger charge is 2.34. The first-order valence-corrected chi connectivity index (χ1v) is 9.42. The van der Waals surface area contributed by atoms with Crippen molar-refractivity contribution in [2.45, 2.75) is 46.0 Å². The summed E-state index contributed by atoms with van der Waals surface area (Å²) in [4.78, 5) is 6.27. The molecule has 0 aromatic heterocycles. The molecule has 28 heavy (non-hydrogen) atoms. The van der Waals surface area contributed by atoms with Crippen LogP contribution in [-0.4, -0.2) is 44.8 Å². The van der Waals surface area contributed by atoms with Crippen molar-refractivity contribution in [1.29, 1.82) is 0 Å². The molecule has 1 aromatic carbocycles. The molecule has 160 valence electrons. The summed E-state index contributed by atoms with van der Waals surface area (Å²) in [6.07, 6.45) is -3.53. The Balaban J connectivity index is 0.00000392. The van der Waals surface area contributed by atoms with E-state index in [1.165, 1.54) is 12.1 Å². The lowest BCUT2D eigenvalue weighted by Crippen LogP contribution is -2.42. The van der Waals surface area contributed by atoms with Gasteiger partial charge in [0.05, 0.1) is 25.3 Å². The second-order valence-electron chi connectivity index (χ2n) is 6.59. The molecule has 0 aliphatic carbocycles. The lowest BCUT2D eigenvalue weighted by Gasteiger charge is -2.29. The standard InChI is InChI=1S/C19H29F3N4O.HI/c1-4-14(3)25-18(23-5-2)24-13-15-6-7-16(12-17(15)19(20,21)22)26-8-10-27-11-9-26;/h6-7,12,14H,4-5,8-11,13H2,1-3H3,(H2,23,24,25);1H. The number of anilines is 1. The van der Waals surface area contributed by atoms with E-state index >= 15 is 0 Å². The van der Waals surface area contributed by atoms with Crippen LogP contribution < -0.4 is 15.5 Å². The van der Waals surface area contributed by atoms with E-state index in [4.69, 9.17) is 4.74 Å². The van der Waals surface area contributed by atoms with E-state index in [-0.39, 0.29) is 42.1 Å². The molecule has 9 heteroatoms. The zero-order valence-corrected chi connectivity index (χ0v) is 18.9. The number of hydrogen-bond acceptors (Lipinski definition) is 3. The Morgan fingerprint density at radius 1 is 1.25 bits per heavy atom. The zero-order valence-electron chi connectivity index (χ0n) is 16.6. The number of aliphatic imine (C=N–C) groups is 1. The van der Waals surface area contributed by atoms with E-state index in [1.54, 1.807) is 6.07 Å². The molecule has 2 rings (SSSR count). The Morgan fingerprint density at radius 2 is 1.93 bits per heavy atom. The molecular weight excluding hydrogens is 484 g/mol. The number of halogens is 4. The molecule has 1 unspecified atom stereocenters. The fourth-order valence-electron chi connectivity index (χ4n) is 2.80. The Labute approximate surface area is 182 Å². The number of morpholine rings is 1. The first kappa shape index (κ1) is 24.8.